The molecule has 0 unspecified atom stereocenters. The Morgan fingerprint density at radius 1 is 1.16 bits per heavy atom. The molecule has 2 N–H and O–H groups in total. The molecule has 3 heterocycles. The molecule has 3 aliphatic heterocycles. The van der Waals surface area contributed by atoms with Gasteiger partial charge in [-0.25, -0.2) is 4.79 Å². The SMILES string of the molecule is CCOC(=O)C1=C(N)OC2=C(C(=O)CC(C)(C)C2)[C@@]12C(=O)N1c3c(cccc32)[C@H](C)CC12CCCCC2. The van der Waals surface area contributed by atoms with E-state index in [2.05, 4.69) is 13.0 Å². The van der Waals surface area contributed by atoms with Crippen LogP contribution in [0, 0.1) is 5.41 Å². The molecule has 196 valence electrons. The van der Waals surface area contributed by atoms with Gasteiger partial charge in [-0.2, -0.15) is 0 Å². The first-order valence-corrected chi connectivity index (χ1v) is 13.7. The third-order valence-electron chi connectivity index (χ3n) is 9.24. The van der Waals surface area contributed by atoms with E-state index in [0.29, 0.717) is 17.7 Å². The van der Waals surface area contributed by atoms with Gasteiger partial charge in [-0.1, -0.05) is 58.2 Å². The fourth-order valence-corrected chi connectivity index (χ4v) is 7.96. The van der Waals surface area contributed by atoms with Crippen LogP contribution in [-0.2, 0) is 29.3 Å². The summed E-state index contributed by atoms with van der Waals surface area (Å²) in [5.74, 6) is -0.618. The highest BCUT2D eigenvalue weighted by Crippen LogP contribution is 2.63. The molecule has 7 heteroatoms. The quantitative estimate of drug-likeness (QED) is 0.576. The fourth-order valence-electron chi connectivity index (χ4n) is 7.96. The molecule has 0 saturated heterocycles. The Kier molecular flexibility index (Phi) is 5.21. The largest absolute Gasteiger partial charge is 0.462 e. The Bertz CT molecular complexity index is 1300. The number of hydrogen-bond donors (Lipinski definition) is 1. The molecule has 0 aromatic heterocycles. The van der Waals surface area contributed by atoms with Crippen molar-refractivity contribution in [3.05, 3.63) is 52.1 Å². The third-order valence-corrected chi connectivity index (χ3v) is 9.24. The molecular weight excluding hydrogens is 468 g/mol. The molecule has 1 amide bonds. The second-order valence-electron chi connectivity index (χ2n) is 12.3. The Morgan fingerprint density at radius 3 is 2.59 bits per heavy atom. The number of carbonyl (C=O) groups is 3. The number of fused-ring (bicyclic) bond motifs is 3. The van der Waals surface area contributed by atoms with Crippen LogP contribution in [0.4, 0.5) is 5.69 Å². The van der Waals surface area contributed by atoms with Gasteiger partial charge in [0.1, 0.15) is 16.7 Å². The van der Waals surface area contributed by atoms with E-state index in [4.69, 9.17) is 15.2 Å². The predicted molar refractivity (Wildman–Crippen MR) is 138 cm³/mol. The van der Waals surface area contributed by atoms with Crippen LogP contribution in [-0.4, -0.2) is 29.8 Å². The molecule has 1 saturated carbocycles. The van der Waals surface area contributed by atoms with E-state index in [1.54, 1.807) is 6.92 Å². The first-order valence-electron chi connectivity index (χ1n) is 13.7. The van der Waals surface area contributed by atoms with Gasteiger partial charge in [0.25, 0.3) is 0 Å². The van der Waals surface area contributed by atoms with Gasteiger partial charge in [0.2, 0.25) is 11.8 Å². The van der Waals surface area contributed by atoms with Gasteiger partial charge in [0, 0.05) is 23.9 Å². The number of carbonyl (C=O) groups excluding carboxylic acids is 3. The van der Waals surface area contributed by atoms with Crippen LogP contribution in [0.25, 0.3) is 0 Å². The van der Waals surface area contributed by atoms with Crippen LogP contribution in [0.1, 0.15) is 96.1 Å². The van der Waals surface area contributed by atoms with E-state index in [1.165, 1.54) is 0 Å². The van der Waals surface area contributed by atoms with Gasteiger partial charge in [-0.05, 0) is 43.1 Å². The predicted octanol–water partition coefficient (Wildman–Crippen LogP) is 4.89. The lowest BCUT2D eigenvalue weighted by Crippen LogP contribution is -2.59. The zero-order valence-corrected chi connectivity index (χ0v) is 22.2. The minimum atomic E-state index is -1.66. The van der Waals surface area contributed by atoms with Crippen molar-refractivity contribution in [2.24, 2.45) is 11.1 Å². The third kappa shape index (κ3) is 3.09. The average molecular weight is 505 g/mol. The smallest absolute Gasteiger partial charge is 0.341 e. The summed E-state index contributed by atoms with van der Waals surface area (Å²) < 4.78 is 11.5. The molecule has 1 aromatic rings. The number of ketones is 1. The molecule has 1 aromatic carbocycles. The highest BCUT2D eigenvalue weighted by molar-refractivity contribution is 6.24. The highest BCUT2D eigenvalue weighted by atomic mass is 16.5. The minimum absolute atomic E-state index is 0.0485. The molecule has 2 spiro atoms. The lowest BCUT2D eigenvalue weighted by molar-refractivity contribution is -0.141. The number of ether oxygens (including phenoxy) is 2. The van der Waals surface area contributed by atoms with Crippen molar-refractivity contribution in [2.75, 3.05) is 11.5 Å². The zero-order chi connectivity index (χ0) is 26.3. The summed E-state index contributed by atoms with van der Waals surface area (Å²) in [6.45, 7) is 8.06. The van der Waals surface area contributed by atoms with Crippen molar-refractivity contribution in [1.29, 1.82) is 0 Å². The average Bonchev–Trinajstić information content (AvgIpc) is 3.07. The minimum Gasteiger partial charge on any atom is -0.462 e. The number of nitrogens with two attached hydrogens (primary N) is 1. The van der Waals surface area contributed by atoms with Gasteiger partial charge >= 0.3 is 5.97 Å². The van der Waals surface area contributed by atoms with E-state index >= 15 is 4.79 Å². The van der Waals surface area contributed by atoms with Gasteiger partial charge in [-0.15, -0.1) is 0 Å². The van der Waals surface area contributed by atoms with Crippen molar-refractivity contribution in [3.63, 3.8) is 0 Å². The van der Waals surface area contributed by atoms with Crippen molar-refractivity contribution < 1.29 is 23.9 Å². The van der Waals surface area contributed by atoms with Crippen LogP contribution >= 0.6 is 0 Å². The molecule has 37 heavy (non-hydrogen) atoms. The number of benzene rings is 1. The normalized spacial score (nSPS) is 29.4. The number of para-hydroxylation sites is 1. The zero-order valence-electron chi connectivity index (χ0n) is 22.2. The first-order chi connectivity index (χ1) is 17.6. The number of allylic oxidation sites excluding steroid dienone is 1. The molecule has 0 radical (unpaired) electrons. The number of hydrogen-bond acceptors (Lipinski definition) is 6. The number of esters is 1. The van der Waals surface area contributed by atoms with Crippen LogP contribution in [0.3, 0.4) is 0 Å². The van der Waals surface area contributed by atoms with Crippen molar-refractivity contribution in [3.8, 4) is 0 Å². The second kappa shape index (κ2) is 7.95. The molecule has 6 rings (SSSR count). The monoisotopic (exact) mass is 504 g/mol. The van der Waals surface area contributed by atoms with Gasteiger partial charge in [-0.3, -0.25) is 9.59 Å². The molecule has 2 aliphatic carbocycles. The standard InChI is InChI=1S/C30H36N2O5/c1-5-36-26(34)23-25(31)37-21-16-28(3,4)15-20(33)22(21)30(23)19-11-9-10-18-17(2)14-29(12-7-6-8-13-29)32(24(18)19)27(30)35/h9-11,17H,5-8,12-16,31H2,1-4H3/t17-,30-/m1/s1. The van der Waals surface area contributed by atoms with Crippen LogP contribution in [0.15, 0.2) is 41.0 Å². The number of anilines is 1. The summed E-state index contributed by atoms with van der Waals surface area (Å²) in [6, 6.07) is 5.92. The maximum absolute atomic E-state index is 15.1. The van der Waals surface area contributed by atoms with E-state index in [0.717, 1.165) is 49.8 Å². The van der Waals surface area contributed by atoms with E-state index in [1.807, 2.05) is 30.9 Å². The molecular formula is C30H36N2O5. The summed E-state index contributed by atoms with van der Waals surface area (Å²) >= 11 is 0. The number of amides is 1. The number of Topliss-reactive ketones (excluding diaryl/α,β-unsaturated/α-hetero) is 1. The maximum Gasteiger partial charge on any atom is 0.341 e. The molecule has 0 bridgehead atoms. The highest BCUT2D eigenvalue weighted by Gasteiger charge is 2.68. The van der Waals surface area contributed by atoms with Gasteiger partial charge in [0.15, 0.2) is 5.78 Å². The summed E-state index contributed by atoms with van der Waals surface area (Å²) in [6.07, 6.45) is 6.64. The van der Waals surface area contributed by atoms with Crippen molar-refractivity contribution in [2.45, 2.75) is 95.9 Å². The molecule has 1 fully saturated rings. The molecule has 7 nitrogen and oxygen atoms in total. The summed E-state index contributed by atoms with van der Waals surface area (Å²) in [5, 5.41) is 0. The Labute approximate surface area is 218 Å². The first kappa shape index (κ1) is 24.3. The molecule has 5 aliphatic rings. The van der Waals surface area contributed by atoms with Crippen molar-refractivity contribution in [1.82, 2.24) is 0 Å². The van der Waals surface area contributed by atoms with Crippen LogP contribution in [0.5, 0.6) is 0 Å². The Balaban J connectivity index is 1.70. The Morgan fingerprint density at radius 2 is 1.89 bits per heavy atom. The summed E-state index contributed by atoms with van der Waals surface area (Å²) in [5.41, 5.74) is 6.99. The topological polar surface area (TPSA) is 98.9 Å². The van der Waals surface area contributed by atoms with E-state index < -0.39 is 11.4 Å². The van der Waals surface area contributed by atoms with Gasteiger partial charge < -0.3 is 20.1 Å². The fraction of sp³-hybridized carbons (Fsp3) is 0.567. The van der Waals surface area contributed by atoms with E-state index in [9.17, 15) is 9.59 Å². The summed E-state index contributed by atoms with van der Waals surface area (Å²) in [4.78, 5) is 44.7. The maximum atomic E-state index is 15.1. The number of nitrogens with zero attached hydrogens (tertiary/aromatic N) is 1. The summed E-state index contributed by atoms with van der Waals surface area (Å²) in [7, 11) is 0. The lowest BCUT2D eigenvalue weighted by Gasteiger charge is -2.51. The van der Waals surface area contributed by atoms with Gasteiger partial charge in [0.05, 0.1) is 17.9 Å². The lowest BCUT2D eigenvalue weighted by atomic mass is 9.61. The Hall–Kier alpha value is -3.09. The second-order valence-corrected chi connectivity index (χ2v) is 12.3. The molecule has 2 atom stereocenters. The van der Waals surface area contributed by atoms with Crippen LogP contribution < -0.4 is 10.6 Å². The number of rotatable bonds is 2. The van der Waals surface area contributed by atoms with Crippen LogP contribution in [0.2, 0.25) is 0 Å². The van der Waals surface area contributed by atoms with Crippen molar-refractivity contribution >= 4 is 23.3 Å². The van der Waals surface area contributed by atoms with E-state index in [-0.39, 0.29) is 58.6 Å².